The molecule has 1 aliphatic heterocycles. The van der Waals surface area contributed by atoms with Crippen molar-refractivity contribution in [2.24, 2.45) is 0 Å². The standard InChI is InChI=1S/C22H43N4Si.ClH/c1-20-19-21(9-10-22(20)23)25-12-7-11-24(13-14-25)15-17-26(2,3)16-8-18-27(4,5)6;/h9-10,19H,7-8,11-18,23H2,1-6H3;1H/q+1;/p-1. The lowest BCUT2D eigenvalue weighted by Gasteiger charge is -2.33. The molecule has 0 saturated carbocycles. The van der Waals surface area contributed by atoms with E-state index in [2.05, 4.69) is 62.6 Å². The molecule has 0 spiro atoms. The predicted molar refractivity (Wildman–Crippen MR) is 123 cm³/mol. The lowest BCUT2D eigenvalue weighted by atomic mass is 10.1. The summed E-state index contributed by atoms with van der Waals surface area (Å²) in [5.41, 5.74) is 9.39. The summed E-state index contributed by atoms with van der Waals surface area (Å²) in [4.78, 5) is 5.20. The van der Waals surface area contributed by atoms with Crippen LogP contribution in [0.1, 0.15) is 18.4 Å². The van der Waals surface area contributed by atoms with Crippen molar-refractivity contribution in [1.29, 1.82) is 0 Å². The molecule has 0 unspecified atom stereocenters. The van der Waals surface area contributed by atoms with Crippen LogP contribution >= 0.6 is 0 Å². The average Bonchev–Trinajstić information content (AvgIpc) is 2.80. The highest BCUT2D eigenvalue weighted by atomic mass is 35.5. The molecule has 0 bridgehead atoms. The van der Waals surface area contributed by atoms with E-state index in [4.69, 9.17) is 5.73 Å². The van der Waals surface area contributed by atoms with Crippen molar-refractivity contribution in [1.82, 2.24) is 4.90 Å². The summed E-state index contributed by atoms with van der Waals surface area (Å²) in [6.45, 7) is 18.0. The number of likely N-dealkylation sites (N-methyl/N-ethyl adjacent to an activating group) is 1. The minimum Gasteiger partial charge on any atom is -1.00 e. The van der Waals surface area contributed by atoms with E-state index >= 15 is 0 Å². The molecule has 1 heterocycles. The first-order valence-electron chi connectivity index (χ1n) is 10.7. The SMILES string of the molecule is Cc1cc(N2CCCN(CC[N+](C)(C)CCC[Si](C)(C)C)CC2)ccc1N.[Cl-]. The summed E-state index contributed by atoms with van der Waals surface area (Å²) >= 11 is 0. The van der Waals surface area contributed by atoms with Gasteiger partial charge in [0.25, 0.3) is 0 Å². The van der Waals surface area contributed by atoms with Gasteiger partial charge in [0, 0.05) is 52.2 Å². The molecule has 0 atom stereocenters. The molecule has 162 valence electrons. The van der Waals surface area contributed by atoms with Gasteiger partial charge in [-0.25, -0.2) is 0 Å². The molecule has 4 nitrogen and oxygen atoms in total. The quantitative estimate of drug-likeness (QED) is 0.381. The molecule has 0 radical (unpaired) electrons. The molecule has 0 aliphatic carbocycles. The first-order chi connectivity index (χ1) is 12.6. The summed E-state index contributed by atoms with van der Waals surface area (Å²) in [7, 11) is 3.92. The van der Waals surface area contributed by atoms with E-state index in [0.717, 1.165) is 23.3 Å². The summed E-state index contributed by atoms with van der Waals surface area (Å²) in [6.07, 6.45) is 2.62. The van der Waals surface area contributed by atoms with Crippen LogP contribution in [0.25, 0.3) is 0 Å². The number of hydrogen-bond acceptors (Lipinski definition) is 3. The summed E-state index contributed by atoms with van der Waals surface area (Å²) < 4.78 is 1.15. The lowest BCUT2D eigenvalue weighted by molar-refractivity contribution is -0.889. The first kappa shape index (κ1) is 25.3. The zero-order valence-electron chi connectivity index (χ0n) is 19.1. The lowest BCUT2D eigenvalue weighted by Crippen LogP contribution is -3.00. The molecule has 2 rings (SSSR count). The van der Waals surface area contributed by atoms with Crippen LogP contribution in [0.15, 0.2) is 18.2 Å². The number of aryl methyl sites for hydroxylation is 1. The fourth-order valence-electron chi connectivity index (χ4n) is 3.87. The van der Waals surface area contributed by atoms with Crippen molar-refractivity contribution >= 4 is 19.4 Å². The first-order valence-corrected chi connectivity index (χ1v) is 14.4. The number of halogens is 1. The highest BCUT2D eigenvalue weighted by molar-refractivity contribution is 6.76. The second-order valence-electron chi connectivity index (χ2n) is 10.3. The van der Waals surface area contributed by atoms with E-state index in [0.29, 0.717) is 0 Å². The highest BCUT2D eigenvalue weighted by Gasteiger charge is 2.21. The third kappa shape index (κ3) is 8.72. The van der Waals surface area contributed by atoms with Gasteiger partial charge in [0.1, 0.15) is 0 Å². The van der Waals surface area contributed by atoms with Gasteiger partial charge >= 0.3 is 0 Å². The van der Waals surface area contributed by atoms with Gasteiger partial charge in [-0.3, -0.25) is 4.90 Å². The second kappa shape index (κ2) is 10.9. The third-order valence-corrected chi connectivity index (χ3v) is 7.77. The van der Waals surface area contributed by atoms with Gasteiger partial charge in [-0.1, -0.05) is 25.7 Å². The van der Waals surface area contributed by atoms with Gasteiger partial charge in [0.15, 0.2) is 0 Å². The molecular formula is C22H43ClN4Si. The Balaban J connectivity index is 0.00000392. The maximum atomic E-state index is 5.98. The number of benzene rings is 1. The normalized spacial score (nSPS) is 16.6. The number of quaternary nitrogens is 1. The molecule has 6 heteroatoms. The molecule has 0 amide bonds. The Hall–Kier alpha value is -0.753. The average molecular weight is 427 g/mol. The zero-order valence-corrected chi connectivity index (χ0v) is 20.9. The second-order valence-corrected chi connectivity index (χ2v) is 15.9. The number of rotatable bonds is 8. The Morgan fingerprint density at radius 1 is 1.04 bits per heavy atom. The van der Waals surface area contributed by atoms with Crippen LogP contribution < -0.4 is 23.0 Å². The van der Waals surface area contributed by atoms with Crippen LogP contribution in [0.2, 0.25) is 25.7 Å². The topological polar surface area (TPSA) is 32.5 Å². The Labute approximate surface area is 181 Å². The van der Waals surface area contributed by atoms with Crippen LogP contribution in [0, 0.1) is 6.92 Å². The molecule has 1 aromatic rings. The Bertz CT molecular complexity index is 601. The Kier molecular flexibility index (Phi) is 9.81. The molecule has 1 aliphatic rings. The van der Waals surface area contributed by atoms with Gasteiger partial charge in [-0.05, 0) is 43.5 Å². The maximum absolute atomic E-state index is 5.98. The third-order valence-electron chi connectivity index (χ3n) is 5.92. The van der Waals surface area contributed by atoms with E-state index in [9.17, 15) is 0 Å². The molecule has 1 saturated heterocycles. The number of anilines is 2. The van der Waals surface area contributed by atoms with Gasteiger partial charge in [0.2, 0.25) is 0 Å². The molecular weight excluding hydrogens is 384 g/mol. The Morgan fingerprint density at radius 2 is 1.75 bits per heavy atom. The van der Waals surface area contributed by atoms with E-state index < -0.39 is 8.07 Å². The minimum atomic E-state index is -0.900. The molecule has 1 aromatic carbocycles. The van der Waals surface area contributed by atoms with Crippen LogP contribution in [0.5, 0.6) is 0 Å². The maximum Gasteiger partial charge on any atom is 0.0911 e. The smallest absolute Gasteiger partial charge is 0.0911 e. The summed E-state index contributed by atoms with van der Waals surface area (Å²) in [5.74, 6) is 0. The van der Waals surface area contributed by atoms with Gasteiger partial charge < -0.3 is 27.5 Å². The van der Waals surface area contributed by atoms with Crippen molar-refractivity contribution < 1.29 is 16.9 Å². The Morgan fingerprint density at radius 3 is 2.39 bits per heavy atom. The van der Waals surface area contributed by atoms with E-state index in [1.54, 1.807) is 0 Å². The number of nitrogens with zero attached hydrogens (tertiary/aromatic N) is 3. The number of nitrogens with two attached hydrogens (primary N) is 1. The largest absolute Gasteiger partial charge is 1.00 e. The van der Waals surface area contributed by atoms with E-state index in [-0.39, 0.29) is 12.4 Å². The van der Waals surface area contributed by atoms with Crippen LogP contribution in [0.3, 0.4) is 0 Å². The van der Waals surface area contributed by atoms with Crippen molar-refractivity contribution in [2.75, 3.05) is 70.5 Å². The molecule has 2 N–H and O–H groups in total. The highest BCUT2D eigenvalue weighted by Crippen LogP contribution is 2.22. The van der Waals surface area contributed by atoms with Crippen LogP contribution in [-0.4, -0.2) is 77.4 Å². The van der Waals surface area contributed by atoms with Crippen LogP contribution in [0.4, 0.5) is 11.4 Å². The zero-order chi connectivity index (χ0) is 20.1. The van der Waals surface area contributed by atoms with Crippen molar-refractivity contribution in [3.8, 4) is 0 Å². The fourth-order valence-corrected chi connectivity index (χ4v) is 5.09. The number of nitrogen functional groups attached to an aromatic ring is 1. The number of hydrogen-bond donors (Lipinski definition) is 1. The van der Waals surface area contributed by atoms with Gasteiger partial charge in [-0.2, -0.15) is 0 Å². The van der Waals surface area contributed by atoms with Crippen molar-refractivity contribution in [2.45, 2.75) is 45.5 Å². The fraction of sp³-hybridized carbons (Fsp3) is 0.727. The molecule has 28 heavy (non-hydrogen) atoms. The minimum absolute atomic E-state index is 0. The van der Waals surface area contributed by atoms with Gasteiger partial charge in [0.05, 0.1) is 27.2 Å². The summed E-state index contributed by atoms with van der Waals surface area (Å²) in [6, 6.07) is 7.92. The van der Waals surface area contributed by atoms with Crippen LogP contribution in [-0.2, 0) is 0 Å². The predicted octanol–water partition coefficient (Wildman–Crippen LogP) is 0.898. The monoisotopic (exact) mass is 426 g/mol. The van der Waals surface area contributed by atoms with E-state index in [1.165, 1.54) is 62.9 Å². The molecule has 1 fully saturated rings. The summed E-state index contributed by atoms with van der Waals surface area (Å²) in [5, 5.41) is 0. The van der Waals surface area contributed by atoms with Crippen molar-refractivity contribution in [3.05, 3.63) is 23.8 Å². The molecule has 0 aromatic heterocycles. The van der Waals surface area contributed by atoms with E-state index in [1.807, 2.05) is 6.07 Å². The van der Waals surface area contributed by atoms with Gasteiger partial charge in [-0.15, -0.1) is 0 Å². The van der Waals surface area contributed by atoms with Crippen molar-refractivity contribution in [3.63, 3.8) is 0 Å².